The highest BCUT2D eigenvalue weighted by Gasteiger charge is 2.27. The van der Waals surface area contributed by atoms with Gasteiger partial charge in [-0.1, -0.05) is 45.0 Å². The van der Waals surface area contributed by atoms with E-state index in [9.17, 15) is 4.79 Å². The minimum absolute atomic E-state index is 0. The SMILES string of the molecule is CN(CC(C)(C)C)C(=O)C1Cc2ccccc2CN1.Cl. The molecule has 2 rings (SSSR count). The number of nitrogens with zero attached hydrogens (tertiary/aromatic N) is 1. The topological polar surface area (TPSA) is 32.3 Å². The van der Waals surface area contributed by atoms with E-state index < -0.39 is 0 Å². The van der Waals surface area contributed by atoms with Crippen molar-refractivity contribution in [3.63, 3.8) is 0 Å². The Morgan fingerprint density at radius 3 is 2.50 bits per heavy atom. The van der Waals surface area contributed by atoms with Crippen molar-refractivity contribution in [1.82, 2.24) is 10.2 Å². The standard InChI is InChI=1S/C16H24N2O.ClH/c1-16(2,3)11-18(4)15(19)14-9-12-7-5-6-8-13(12)10-17-14;/h5-8,14,17H,9-11H2,1-4H3;1H. The molecule has 1 atom stereocenters. The van der Waals surface area contributed by atoms with Gasteiger partial charge in [-0.25, -0.2) is 0 Å². The molecule has 1 aromatic carbocycles. The largest absolute Gasteiger partial charge is 0.344 e. The van der Waals surface area contributed by atoms with E-state index in [1.165, 1.54) is 11.1 Å². The maximum atomic E-state index is 12.4. The van der Waals surface area contributed by atoms with Crippen LogP contribution in [0, 0.1) is 5.41 Å². The summed E-state index contributed by atoms with van der Waals surface area (Å²) in [6.07, 6.45) is 0.795. The minimum atomic E-state index is -0.0813. The average Bonchev–Trinajstić information content (AvgIpc) is 2.35. The average molecular weight is 297 g/mol. The molecular formula is C16H25ClN2O. The fourth-order valence-electron chi connectivity index (χ4n) is 2.68. The van der Waals surface area contributed by atoms with Crippen molar-refractivity contribution in [3.8, 4) is 0 Å². The predicted octanol–water partition coefficient (Wildman–Crippen LogP) is 2.63. The van der Waals surface area contributed by atoms with Crippen LogP contribution < -0.4 is 5.32 Å². The number of benzene rings is 1. The molecule has 1 aromatic rings. The number of rotatable bonds is 2. The lowest BCUT2D eigenvalue weighted by Gasteiger charge is -2.32. The molecule has 1 N–H and O–H groups in total. The normalized spacial score (nSPS) is 17.9. The summed E-state index contributed by atoms with van der Waals surface area (Å²) in [4.78, 5) is 14.3. The fourth-order valence-corrected chi connectivity index (χ4v) is 2.68. The van der Waals surface area contributed by atoms with Gasteiger partial charge in [0.15, 0.2) is 0 Å². The highest BCUT2D eigenvalue weighted by Crippen LogP contribution is 2.19. The smallest absolute Gasteiger partial charge is 0.239 e. The molecule has 1 aliphatic rings. The maximum absolute atomic E-state index is 12.4. The van der Waals surface area contributed by atoms with Crippen molar-refractivity contribution in [2.75, 3.05) is 13.6 Å². The number of hydrogen-bond donors (Lipinski definition) is 1. The molecule has 1 unspecified atom stereocenters. The van der Waals surface area contributed by atoms with Crippen LogP contribution in [0.3, 0.4) is 0 Å². The number of carbonyl (C=O) groups is 1. The Balaban J connectivity index is 0.00000200. The van der Waals surface area contributed by atoms with Crippen LogP contribution in [0.4, 0.5) is 0 Å². The van der Waals surface area contributed by atoms with E-state index in [4.69, 9.17) is 0 Å². The second kappa shape index (κ2) is 6.59. The van der Waals surface area contributed by atoms with Crippen molar-refractivity contribution < 1.29 is 4.79 Å². The van der Waals surface area contributed by atoms with E-state index in [0.29, 0.717) is 0 Å². The molecule has 0 fully saturated rings. The first-order valence-corrected chi connectivity index (χ1v) is 6.92. The summed E-state index contributed by atoms with van der Waals surface area (Å²) in [6.45, 7) is 8.03. The molecular weight excluding hydrogens is 272 g/mol. The van der Waals surface area contributed by atoms with Gasteiger partial charge < -0.3 is 10.2 Å². The van der Waals surface area contributed by atoms with Crippen molar-refractivity contribution in [2.45, 2.75) is 39.8 Å². The number of likely N-dealkylation sites (N-methyl/N-ethyl adjacent to an activating group) is 1. The van der Waals surface area contributed by atoms with Crippen LogP contribution in [0.15, 0.2) is 24.3 Å². The summed E-state index contributed by atoms with van der Waals surface area (Å²) < 4.78 is 0. The molecule has 0 aromatic heterocycles. The van der Waals surface area contributed by atoms with E-state index in [1.54, 1.807) is 0 Å². The van der Waals surface area contributed by atoms with Crippen LogP contribution in [0.5, 0.6) is 0 Å². The number of fused-ring (bicyclic) bond motifs is 1. The summed E-state index contributed by atoms with van der Waals surface area (Å²) in [5, 5.41) is 3.35. The lowest BCUT2D eigenvalue weighted by Crippen LogP contribution is -2.49. The number of nitrogens with one attached hydrogen (secondary N) is 1. The van der Waals surface area contributed by atoms with Gasteiger partial charge in [0.1, 0.15) is 0 Å². The number of amides is 1. The first-order valence-electron chi connectivity index (χ1n) is 6.92. The quantitative estimate of drug-likeness (QED) is 0.910. The highest BCUT2D eigenvalue weighted by atomic mass is 35.5. The summed E-state index contributed by atoms with van der Waals surface area (Å²) in [6, 6.07) is 8.27. The Labute approximate surface area is 128 Å². The van der Waals surface area contributed by atoms with E-state index in [1.807, 2.05) is 24.1 Å². The first-order chi connectivity index (χ1) is 8.87. The molecule has 0 saturated carbocycles. The third-order valence-electron chi connectivity index (χ3n) is 3.47. The first kappa shape index (κ1) is 17.0. The Hall–Kier alpha value is -1.06. The van der Waals surface area contributed by atoms with Gasteiger partial charge in [0.25, 0.3) is 0 Å². The number of carbonyl (C=O) groups excluding carboxylic acids is 1. The maximum Gasteiger partial charge on any atom is 0.239 e. The van der Waals surface area contributed by atoms with Gasteiger partial charge in [-0.2, -0.15) is 0 Å². The van der Waals surface area contributed by atoms with Crippen LogP contribution in [-0.4, -0.2) is 30.4 Å². The Bertz CT molecular complexity index is 468. The molecule has 0 spiro atoms. The molecule has 4 heteroatoms. The zero-order chi connectivity index (χ0) is 14.0. The van der Waals surface area contributed by atoms with Gasteiger partial charge in [-0.15, -0.1) is 12.4 Å². The zero-order valence-electron chi connectivity index (χ0n) is 12.8. The lowest BCUT2D eigenvalue weighted by molar-refractivity contribution is -0.133. The molecule has 1 amide bonds. The Kier molecular flexibility index (Phi) is 5.60. The van der Waals surface area contributed by atoms with E-state index in [-0.39, 0.29) is 29.8 Å². The third kappa shape index (κ3) is 4.22. The molecule has 0 bridgehead atoms. The zero-order valence-corrected chi connectivity index (χ0v) is 13.6. The van der Waals surface area contributed by atoms with Gasteiger partial charge in [-0.05, 0) is 23.0 Å². The lowest BCUT2D eigenvalue weighted by atomic mass is 9.93. The van der Waals surface area contributed by atoms with Crippen LogP contribution in [0.2, 0.25) is 0 Å². The second-order valence-electron chi connectivity index (χ2n) is 6.66. The van der Waals surface area contributed by atoms with Gasteiger partial charge >= 0.3 is 0 Å². The predicted molar refractivity (Wildman–Crippen MR) is 85.1 cm³/mol. The molecule has 0 radical (unpaired) electrons. The minimum Gasteiger partial charge on any atom is -0.344 e. The summed E-state index contributed by atoms with van der Waals surface area (Å²) in [5.41, 5.74) is 2.74. The number of halogens is 1. The molecule has 20 heavy (non-hydrogen) atoms. The Morgan fingerprint density at radius 2 is 1.90 bits per heavy atom. The molecule has 1 heterocycles. The summed E-state index contributed by atoms with van der Waals surface area (Å²) in [7, 11) is 1.90. The molecule has 3 nitrogen and oxygen atoms in total. The fraction of sp³-hybridized carbons (Fsp3) is 0.562. The van der Waals surface area contributed by atoms with Crippen molar-refractivity contribution in [1.29, 1.82) is 0 Å². The van der Waals surface area contributed by atoms with Crippen LogP contribution in [0.1, 0.15) is 31.9 Å². The van der Waals surface area contributed by atoms with E-state index >= 15 is 0 Å². The van der Waals surface area contributed by atoms with Crippen LogP contribution in [0.25, 0.3) is 0 Å². The van der Waals surface area contributed by atoms with E-state index in [0.717, 1.165) is 19.5 Å². The highest BCUT2D eigenvalue weighted by molar-refractivity contribution is 5.85. The summed E-state index contributed by atoms with van der Waals surface area (Å²) in [5.74, 6) is 0.199. The monoisotopic (exact) mass is 296 g/mol. The van der Waals surface area contributed by atoms with Crippen molar-refractivity contribution >= 4 is 18.3 Å². The summed E-state index contributed by atoms with van der Waals surface area (Å²) >= 11 is 0. The van der Waals surface area contributed by atoms with Crippen molar-refractivity contribution in [3.05, 3.63) is 35.4 Å². The van der Waals surface area contributed by atoms with Gasteiger partial charge in [0.05, 0.1) is 6.04 Å². The van der Waals surface area contributed by atoms with Gasteiger partial charge in [-0.3, -0.25) is 4.79 Å². The second-order valence-corrected chi connectivity index (χ2v) is 6.66. The molecule has 0 saturated heterocycles. The van der Waals surface area contributed by atoms with E-state index in [2.05, 4.69) is 38.2 Å². The Morgan fingerprint density at radius 1 is 1.30 bits per heavy atom. The van der Waals surface area contributed by atoms with Crippen LogP contribution >= 0.6 is 12.4 Å². The van der Waals surface area contributed by atoms with Crippen molar-refractivity contribution in [2.24, 2.45) is 5.41 Å². The molecule has 112 valence electrons. The van der Waals surface area contributed by atoms with Crippen LogP contribution in [-0.2, 0) is 17.8 Å². The van der Waals surface area contributed by atoms with Gasteiger partial charge in [0.2, 0.25) is 5.91 Å². The number of hydrogen-bond acceptors (Lipinski definition) is 2. The van der Waals surface area contributed by atoms with Gasteiger partial charge in [0, 0.05) is 20.1 Å². The molecule has 1 aliphatic heterocycles. The molecule has 0 aliphatic carbocycles. The third-order valence-corrected chi connectivity index (χ3v) is 3.47.